The SMILES string of the molecule is CCCNC(Cc1ccnc2ccccc12)C1CCCS1. The molecule has 1 N–H and O–H groups in total. The van der Waals surface area contributed by atoms with E-state index >= 15 is 0 Å². The maximum atomic E-state index is 4.48. The minimum atomic E-state index is 0.586. The van der Waals surface area contributed by atoms with Crippen molar-refractivity contribution in [2.24, 2.45) is 0 Å². The molecule has 1 aromatic heterocycles. The molecule has 0 amide bonds. The smallest absolute Gasteiger partial charge is 0.0704 e. The largest absolute Gasteiger partial charge is 0.313 e. The molecule has 1 aliphatic rings. The quantitative estimate of drug-likeness (QED) is 0.871. The Morgan fingerprint density at radius 1 is 1.33 bits per heavy atom. The highest BCUT2D eigenvalue weighted by Crippen LogP contribution is 2.31. The summed E-state index contributed by atoms with van der Waals surface area (Å²) in [6.07, 6.45) is 6.99. The van der Waals surface area contributed by atoms with Gasteiger partial charge in [0, 0.05) is 22.9 Å². The molecule has 1 aliphatic heterocycles. The Morgan fingerprint density at radius 2 is 2.24 bits per heavy atom. The van der Waals surface area contributed by atoms with Crippen molar-refractivity contribution < 1.29 is 0 Å². The Bertz CT molecular complexity index is 573. The van der Waals surface area contributed by atoms with Crippen LogP contribution in [0.2, 0.25) is 0 Å². The summed E-state index contributed by atoms with van der Waals surface area (Å²) in [5.41, 5.74) is 2.55. The Labute approximate surface area is 131 Å². The predicted molar refractivity (Wildman–Crippen MR) is 93.0 cm³/mol. The molecule has 1 aromatic carbocycles. The van der Waals surface area contributed by atoms with Crippen LogP contribution in [-0.4, -0.2) is 28.6 Å². The fraction of sp³-hybridized carbons (Fsp3) is 0.500. The molecule has 21 heavy (non-hydrogen) atoms. The molecule has 1 saturated heterocycles. The van der Waals surface area contributed by atoms with Gasteiger partial charge in [-0.2, -0.15) is 11.8 Å². The van der Waals surface area contributed by atoms with Crippen LogP contribution < -0.4 is 5.32 Å². The zero-order valence-electron chi connectivity index (χ0n) is 12.7. The minimum absolute atomic E-state index is 0.586. The van der Waals surface area contributed by atoms with Gasteiger partial charge < -0.3 is 5.32 Å². The van der Waals surface area contributed by atoms with E-state index in [2.05, 4.69) is 59.3 Å². The summed E-state index contributed by atoms with van der Waals surface area (Å²) < 4.78 is 0. The van der Waals surface area contributed by atoms with Crippen LogP contribution >= 0.6 is 11.8 Å². The van der Waals surface area contributed by atoms with E-state index in [1.54, 1.807) is 0 Å². The van der Waals surface area contributed by atoms with Crippen LogP contribution in [-0.2, 0) is 6.42 Å². The maximum Gasteiger partial charge on any atom is 0.0704 e. The van der Waals surface area contributed by atoms with Gasteiger partial charge in [0.15, 0.2) is 0 Å². The van der Waals surface area contributed by atoms with E-state index in [1.807, 2.05) is 6.20 Å². The van der Waals surface area contributed by atoms with Gasteiger partial charge in [0.25, 0.3) is 0 Å². The van der Waals surface area contributed by atoms with Crippen molar-refractivity contribution in [2.75, 3.05) is 12.3 Å². The number of thioether (sulfide) groups is 1. The van der Waals surface area contributed by atoms with E-state index in [9.17, 15) is 0 Å². The molecular weight excluding hydrogens is 276 g/mol. The van der Waals surface area contributed by atoms with Crippen molar-refractivity contribution in [1.82, 2.24) is 10.3 Å². The van der Waals surface area contributed by atoms with Crippen LogP contribution in [0.5, 0.6) is 0 Å². The topological polar surface area (TPSA) is 24.9 Å². The molecule has 0 saturated carbocycles. The second-order valence-electron chi connectivity index (χ2n) is 5.80. The van der Waals surface area contributed by atoms with Crippen molar-refractivity contribution in [3.63, 3.8) is 0 Å². The molecule has 0 bridgehead atoms. The highest BCUT2D eigenvalue weighted by molar-refractivity contribution is 8.00. The van der Waals surface area contributed by atoms with Crippen LogP contribution in [0.25, 0.3) is 10.9 Å². The molecule has 0 spiro atoms. The fourth-order valence-electron chi connectivity index (χ4n) is 3.15. The van der Waals surface area contributed by atoms with Crippen molar-refractivity contribution in [3.05, 3.63) is 42.1 Å². The third kappa shape index (κ3) is 3.58. The number of hydrogen-bond acceptors (Lipinski definition) is 3. The summed E-state index contributed by atoms with van der Waals surface area (Å²) in [4.78, 5) is 4.48. The van der Waals surface area contributed by atoms with Gasteiger partial charge >= 0.3 is 0 Å². The number of pyridine rings is 1. The van der Waals surface area contributed by atoms with Crippen molar-refractivity contribution in [3.8, 4) is 0 Å². The van der Waals surface area contributed by atoms with Crippen LogP contribution in [0, 0.1) is 0 Å². The molecule has 3 rings (SSSR count). The summed E-state index contributed by atoms with van der Waals surface area (Å²) >= 11 is 2.15. The highest BCUT2D eigenvalue weighted by atomic mass is 32.2. The number of nitrogens with zero attached hydrogens (tertiary/aromatic N) is 1. The van der Waals surface area contributed by atoms with Gasteiger partial charge in [-0.25, -0.2) is 0 Å². The molecule has 2 heterocycles. The van der Waals surface area contributed by atoms with E-state index < -0.39 is 0 Å². The van der Waals surface area contributed by atoms with E-state index in [0.717, 1.165) is 23.7 Å². The Kier molecular flexibility index (Phi) is 5.15. The van der Waals surface area contributed by atoms with Crippen LogP contribution in [0.4, 0.5) is 0 Å². The van der Waals surface area contributed by atoms with E-state index in [0.29, 0.717) is 6.04 Å². The number of para-hydroxylation sites is 1. The number of aromatic nitrogens is 1. The second kappa shape index (κ2) is 7.28. The number of fused-ring (bicyclic) bond motifs is 1. The first kappa shape index (κ1) is 14.9. The van der Waals surface area contributed by atoms with Gasteiger partial charge in [-0.1, -0.05) is 25.1 Å². The zero-order valence-corrected chi connectivity index (χ0v) is 13.5. The molecule has 2 aromatic rings. The Morgan fingerprint density at radius 3 is 3.05 bits per heavy atom. The third-order valence-electron chi connectivity index (χ3n) is 4.25. The first-order valence-electron chi connectivity index (χ1n) is 8.06. The molecule has 2 atom stereocenters. The van der Waals surface area contributed by atoms with E-state index in [-0.39, 0.29) is 0 Å². The molecule has 2 unspecified atom stereocenters. The molecule has 0 aliphatic carbocycles. The number of benzene rings is 1. The first-order valence-corrected chi connectivity index (χ1v) is 9.11. The molecular formula is C18H24N2S. The lowest BCUT2D eigenvalue weighted by Gasteiger charge is -2.25. The van der Waals surface area contributed by atoms with Gasteiger partial charge in [0.2, 0.25) is 0 Å². The van der Waals surface area contributed by atoms with Crippen LogP contribution in [0.1, 0.15) is 31.7 Å². The Hall–Kier alpha value is -1.06. The van der Waals surface area contributed by atoms with Gasteiger partial charge in [-0.15, -0.1) is 0 Å². The molecule has 112 valence electrons. The Balaban J connectivity index is 1.82. The van der Waals surface area contributed by atoms with Crippen molar-refractivity contribution in [2.45, 2.75) is 43.9 Å². The number of hydrogen-bond donors (Lipinski definition) is 1. The minimum Gasteiger partial charge on any atom is -0.313 e. The lowest BCUT2D eigenvalue weighted by Crippen LogP contribution is -2.39. The van der Waals surface area contributed by atoms with Crippen LogP contribution in [0.15, 0.2) is 36.5 Å². The van der Waals surface area contributed by atoms with Crippen molar-refractivity contribution in [1.29, 1.82) is 0 Å². The third-order valence-corrected chi connectivity index (χ3v) is 5.77. The number of rotatable bonds is 6. The summed E-state index contributed by atoms with van der Waals surface area (Å²) in [6, 6.07) is 11.3. The van der Waals surface area contributed by atoms with Gasteiger partial charge in [0.05, 0.1) is 5.52 Å². The fourth-order valence-corrected chi connectivity index (χ4v) is 4.55. The first-order chi connectivity index (χ1) is 10.4. The van der Waals surface area contributed by atoms with E-state index in [1.165, 1.54) is 36.0 Å². The molecule has 1 fully saturated rings. The standard InChI is InChI=1S/C18H24N2S/c1-2-10-19-17(18-8-5-12-21-18)13-14-9-11-20-16-7-4-3-6-15(14)16/h3-4,6-7,9,11,17-19H,2,5,8,10,12-13H2,1H3. The summed E-state index contributed by atoms with van der Waals surface area (Å²) in [7, 11) is 0. The van der Waals surface area contributed by atoms with E-state index in [4.69, 9.17) is 0 Å². The molecule has 0 radical (unpaired) electrons. The second-order valence-corrected chi connectivity index (χ2v) is 7.15. The predicted octanol–water partition coefficient (Wildman–Crippen LogP) is 4.04. The normalized spacial score (nSPS) is 20.0. The summed E-state index contributed by atoms with van der Waals surface area (Å²) in [6.45, 7) is 3.36. The molecule has 3 heteroatoms. The summed E-state index contributed by atoms with van der Waals surface area (Å²) in [5, 5.41) is 5.86. The highest BCUT2D eigenvalue weighted by Gasteiger charge is 2.25. The maximum absolute atomic E-state index is 4.48. The van der Waals surface area contributed by atoms with Gasteiger partial charge in [0.1, 0.15) is 0 Å². The van der Waals surface area contributed by atoms with Gasteiger partial charge in [-0.3, -0.25) is 4.98 Å². The zero-order chi connectivity index (χ0) is 14.5. The van der Waals surface area contributed by atoms with Gasteiger partial charge in [-0.05, 0) is 55.7 Å². The summed E-state index contributed by atoms with van der Waals surface area (Å²) in [5.74, 6) is 1.33. The molecule has 2 nitrogen and oxygen atoms in total. The van der Waals surface area contributed by atoms with Crippen LogP contribution in [0.3, 0.4) is 0 Å². The monoisotopic (exact) mass is 300 g/mol. The average Bonchev–Trinajstić information content (AvgIpc) is 3.06. The lowest BCUT2D eigenvalue weighted by atomic mass is 9.98. The van der Waals surface area contributed by atoms with Crippen molar-refractivity contribution >= 4 is 22.7 Å². The lowest BCUT2D eigenvalue weighted by molar-refractivity contribution is 0.483. The number of nitrogens with one attached hydrogen (secondary N) is 1. The average molecular weight is 300 g/mol.